The number of pyridine rings is 1. The fourth-order valence-electron chi connectivity index (χ4n) is 1.90. The van der Waals surface area contributed by atoms with Crippen LogP contribution >= 0.6 is 0 Å². The van der Waals surface area contributed by atoms with Crippen LogP contribution in [-0.4, -0.2) is 33.1 Å². The number of aromatic nitrogens is 3. The lowest BCUT2D eigenvalue weighted by Crippen LogP contribution is -1.96. The van der Waals surface area contributed by atoms with Gasteiger partial charge in [-0.25, -0.2) is 14.8 Å². The predicted molar refractivity (Wildman–Crippen MR) is 72.8 cm³/mol. The van der Waals surface area contributed by atoms with Crippen LogP contribution < -0.4 is 4.74 Å². The lowest BCUT2D eigenvalue weighted by Gasteiger charge is -2.00. The van der Waals surface area contributed by atoms with Gasteiger partial charge in [-0.2, -0.15) is 0 Å². The first-order valence-corrected chi connectivity index (χ1v) is 5.91. The minimum atomic E-state index is -1.01. The molecular weight excluding hydrogens is 258 g/mol. The van der Waals surface area contributed by atoms with Crippen molar-refractivity contribution in [1.82, 2.24) is 15.0 Å². The third-order valence-corrected chi connectivity index (χ3v) is 2.95. The molecule has 3 rings (SSSR count). The lowest BCUT2D eigenvalue weighted by atomic mass is 10.2. The van der Waals surface area contributed by atoms with E-state index in [1.165, 1.54) is 12.3 Å². The van der Waals surface area contributed by atoms with E-state index in [0.717, 1.165) is 11.3 Å². The molecule has 2 N–H and O–H groups in total. The molecule has 6 nitrogen and oxygen atoms in total. The Hall–Kier alpha value is -2.89. The zero-order valence-corrected chi connectivity index (χ0v) is 10.6. The van der Waals surface area contributed by atoms with Crippen molar-refractivity contribution in [3.63, 3.8) is 0 Å². The van der Waals surface area contributed by atoms with E-state index in [4.69, 9.17) is 9.84 Å². The van der Waals surface area contributed by atoms with Crippen LogP contribution in [0.15, 0.2) is 36.5 Å². The molecular formula is C14H11N3O3. The van der Waals surface area contributed by atoms with E-state index in [1.54, 1.807) is 7.11 Å². The number of benzene rings is 1. The highest BCUT2D eigenvalue weighted by atomic mass is 16.5. The van der Waals surface area contributed by atoms with Crippen molar-refractivity contribution in [2.45, 2.75) is 0 Å². The van der Waals surface area contributed by atoms with E-state index >= 15 is 0 Å². The average molecular weight is 269 g/mol. The molecule has 6 heteroatoms. The summed E-state index contributed by atoms with van der Waals surface area (Å²) in [5.41, 5.74) is 2.08. The van der Waals surface area contributed by atoms with Gasteiger partial charge in [0.2, 0.25) is 0 Å². The van der Waals surface area contributed by atoms with E-state index in [0.29, 0.717) is 17.0 Å². The topological polar surface area (TPSA) is 88.1 Å². The van der Waals surface area contributed by atoms with E-state index in [9.17, 15) is 4.79 Å². The summed E-state index contributed by atoms with van der Waals surface area (Å²) in [5, 5.41) is 8.94. The molecule has 3 aromatic rings. The van der Waals surface area contributed by atoms with Gasteiger partial charge in [0.25, 0.3) is 0 Å². The Balaban J connectivity index is 2.05. The first-order valence-electron chi connectivity index (χ1n) is 5.91. The molecule has 0 aliphatic rings. The zero-order valence-electron chi connectivity index (χ0n) is 10.6. The van der Waals surface area contributed by atoms with Gasteiger partial charge in [0, 0.05) is 11.8 Å². The van der Waals surface area contributed by atoms with Crippen LogP contribution in [0.3, 0.4) is 0 Å². The number of methoxy groups -OCH3 is 1. The number of carboxylic acids is 1. The van der Waals surface area contributed by atoms with Gasteiger partial charge in [-0.3, -0.25) is 0 Å². The third kappa shape index (κ3) is 2.07. The van der Waals surface area contributed by atoms with E-state index in [-0.39, 0.29) is 5.56 Å². The monoisotopic (exact) mass is 269 g/mol. The van der Waals surface area contributed by atoms with Gasteiger partial charge in [0.05, 0.1) is 18.2 Å². The van der Waals surface area contributed by atoms with Crippen molar-refractivity contribution >= 4 is 17.1 Å². The molecule has 0 radical (unpaired) electrons. The number of hydrogen-bond donors (Lipinski definition) is 2. The summed E-state index contributed by atoms with van der Waals surface area (Å²) in [6.45, 7) is 0. The highest BCUT2D eigenvalue weighted by molar-refractivity contribution is 5.91. The summed E-state index contributed by atoms with van der Waals surface area (Å²) in [5.74, 6) is 0.383. The van der Waals surface area contributed by atoms with Gasteiger partial charge in [0.15, 0.2) is 5.65 Å². The van der Waals surface area contributed by atoms with Gasteiger partial charge >= 0.3 is 5.97 Å². The van der Waals surface area contributed by atoms with E-state index < -0.39 is 5.97 Å². The molecule has 0 spiro atoms. The van der Waals surface area contributed by atoms with Crippen molar-refractivity contribution < 1.29 is 14.6 Å². The maximum atomic E-state index is 10.9. The van der Waals surface area contributed by atoms with Crippen molar-refractivity contribution in [3.05, 3.63) is 42.1 Å². The van der Waals surface area contributed by atoms with Crippen LogP contribution in [0.4, 0.5) is 0 Å². The number of imidazole rings is 1. The molecule has 2 heterocycles. The number of carboxylic acid groups (broad SMARTS) is 1. The van der Waals surface area contributed by atoms with Crippen molar-refractivity contribution in [2.24, 2.45) is 0 Å². The third-order valence-electron chi connectivity index (χ3n) is 2.95. The predicted octanol–water partition coefficient (Wildman–Crippen LogP) is 2.33. The summed E-state index contributed by atoms with van der Waals surface area (Å²) >= 11 is 0. The molecule has 0 atom stereocenters. The molecule has 0 saturated carbocycles. The minimum absolute atomic E-state index is 0.127. The van der Waals surface area contributed by atoms with Crippen LogP contribution in [0.5, 0.6) is 5.75 Å². The number of nitrogens with zero attached hydrogens (tertiary/aromatic N) is 2. The number of aromatic amines is 1. The van der Waals surface area contributed by atoms with Crippen LogP contribution in [0.25, 0.3) is 22.6 Å². The van der Waals surface area contributed by atoms with Gasteiger partial charge in [-0.05, 0) is 30.3 Å². The summed E-state index contributed by atoms with van der Waals surface area (Å²) < 4.78 is 5.10. The second-order valence-electron chi connectivity index (χ2n) is 4.21. The fraction of sp³-hybridized carbons (Fsp3) is 0.0714. The van der Waals surface area contributed by atoms with Crippen molar-refractivity contribution in [1.29, 1.82) is 0 Å². The molecule has 0 unspecified atom stereocenters. The van der Waals surface area contributed by atoms with Crippen LogP contribution in [0.1, 0.15) is 10.4 Å². The van der Waals surface area contributed by atoms with Gasteiger partial charge in [-0.1, -0.05) is 0 Å². The van der Waals surface area contributed by atoms with Crippen LogP contribution in [0, 0.1) is 0 Å². The lowest BCUT2D eigenvalue weighted by molar-refractivity contribution is 0.0696. The number of hydrogen-bond acceptors (Lipinski definition) is 4. The SMILES string of the molecule is COc1ccc(-c2nc3ncc(C(=O)O)cc3[nH]2)cc1. The van der Waals surface area contributed by atoms with Gasteiger partial charge < -0.3 is 14.8 Å². The number of ether oxygens (including phenoxy) is 1. The first kappa shape index (κ1) is 12.2. The van der Waals surface area contributed by atoms with E-state index in [2.05, 4.69) is 15.0 Å². The quantitative estimate of drug-likeness (QED) is 0.761. The highest BCUT2D eigenvalue weighted by Gasteiger charge is 2.10. The van der Waals surface area contributed by atoms with Crippen molar-refractivity contribution in [3.8, 4) is 17.1 Å². The molecule has 0 aliphatic heterocycles. The zero-order chi connectivity index (χ0) is 14.1. The van der Waals surface area contributed by atoms with Gasteiger partial charge in [-0.15, -0.1) is 0 Å². The molecule has 0 bridgehead atoms. The first-order chi connectivity index (χ1) is 9.67. The van der Waals surface area contributed by atoms with Crippen molar-refractivity contribution in [2.75, 3.05) is 7.11 Å². The second kappa shape index (κ2) is 4.65. The number of fused-ring (bicyclic) bond motifs is 1. The minimum Gasteiger partial charge on any atom is -0.497 e. The summed E-state index contributed by atoms with van der Waals surface area (Å²) in [6.07, 6.45) is 1.29. The smallest absolute Gasteiger partial charge is 0.337 e. The highest BCUT2D eigenvalue weighted by Crippen LogP contribution is 2.22. The Kier molecular flexibility index (Phi) is 2.83. The summed E-state index contributed by atoms with van der Waals surface area (Å²) in [6, 6.07) is 8.92. The molecule has 20 heavy (non-hydrogen) atoms. The number of rotatable bonds is 3. The second-order valence-corrected chi connectivity index (χ2v) is 4.21. The fourth-order valence-corrected chi connectivity index (χ4v) is 1.90. The average Bonchev–Trinajstić information content (AvgIpc) is 2.90. The Morgan fingerprint density at radius 2 is 2.05 bits per heavy atom. The summed E-state index contributed by atoms with van der Waals surface area (Å²) in [7, 11) is 1.60. The maximum absolute atomic E-state index is 10.9. The number of aromatic carboxylic acids is 1. The molecule has 100 valence electrons. The number of nitrogens with one attached hydrogen (secondary N) is 1. The largest absolute Gasteiger partial charge is 0.497 e. The summed E-state index contributed by atoms with van der Waals surface area (Å²) in [4.78, 5) is 22.3. The van der Waals surface area contributed by atoms with E-state index in [1.807, 2.05) is 24.3 Å². The Bertz CT molecular complexity index is 778. The molecule has 0 aliphatic carbocycles. The molecule has 0 fully saturated rings. The Morgan fingerprint density at radius 3 is 2.70 bits per heavy atom. The van der Waals surface area contributed by atoms with Gasteiger partial charge in [0.1, 0.15) is 11.6 Å². The number of carbonyl (C=O) groups is 1. The van der Waals surface area contributed by atoms with Crippen LogP contribution in [0.2, 0.25) is 0 Å². The Labute approximate surface area is 114 Å². The molecule has 0 saturated heterocycles. The normalized spacial score (nSPS) is 10.7. The number of H-pyrrole nitrogens is 1. The maximum Gasteiger partial charge on any atom is 0.337 e. The van der Waals surface area contributed by atoms with Crippen LogP contribution in [-0.2, 0) is 0 Å². The molecule has 1 aromatic carbocycles. The molecule has 0 amide bonds. The Morgan fingerprint density at radius 1 is 1.30 bits per heavy atom. The molecule has 2 aromatic heterocycles. The standard InChI is InChI=1S/C14H11N3O3/c1-20-10-4-2-8(3-5-10)12-16-11-6-9(14(18)19)7-15-13(11)17-12/h2-7H,1H3,(H,18,19)(H,15,16,17).